The summed E-state index contributed by atoms with van der Waals surface area (Å²) in [5.41, 5.74) is 1.01. The molecule has 1 amide bonds. The van der Waals surface area contributed by atoms with Gasteiger partial charge in [-0.05, 0) is 17.9 Å². The molecular formula is C14H17NO2. The topological polar surface area (TPSA) is 29.5 Å². The molecule has 17 heavy (non-hydrogen) atoms. The molecule has 1 aromatic carbocycles. The van der Waals surface area contributed by atoms with Crippen molar-refractivity contribution in [2.45, 2.75) is 13.0 Å². The number of benzene rings is 1. The van der Waals surface area contributed by atoms with Gasteiger partial charge >= 0.3 is 6.09 Å². The van der Waals surface area contributed by atoms with Crippen molar-refractivity contribution >= 4 is 6.09 Å². The lowest BCUT2D eigenvalue weighted by atomic mass is 10.1. The summed E-state index contributed by atoms with van der Waals surface area (Å²) >= 11 is 0. The van der Waals surface area contributed by atoms with Crippen molar-refractivity contribution < 1.29 is 9.53 Å². The fourth-order valence-corrected chi connectivity index (χ4v) is 1.96. The molecule has 1 aliphatic rings. The molecule has 1 aliphatic heterocycles. The van der Waals surface area contributed by atoms with Crippen LogP contribution in [0.4, 0.5) is 4.79 Å². The maximum Gasteiger partial charge on any atom is 0.410 e. The van der Waals surface area contributed by atoms with E-state index in [1.807, 2.05) is 36.4 Å². The monoisotopic (exact) mass is 231 g/mol. The highest BCUT2D eigenvalue weighted by Gasteiger charge is 2.25. The second-order valence-corrected chi connectivity index (χ2v) is 4.27. The van der Waals surface area contributed by atoms with E-state index in [9.17, 15) is 4.79 Å². The summed E-state index contributed by atoms with van der Waals surface area (Å²) in [5, 5.41) is 0. The van der Waals surface area contributed by atoms with Gasteiger partial charge in [0.2, 0.25) is 0 Å². The fourth-order valence-electron chi connectivity index (χ4n) is 1.96. The minimum Gasteiger partial charge on any atom is -0.445 e. The molecule has 1 heterocycles. The zero-order valence-electron chi connectivity index (χ0n) is 9.84. The number of hydrogen-bond donors (Lipinski definition) is 0. The van der Waals surface area contributed by atoms with Crippen molar-refractivity contribution in [3.8, 4) is 0 Å². The number of hydrogen-bond acceptors (Lipinski definition) is 2. The number of carbonyl (C=O) groups is 1. The first-order chi connectivity index (χ1) is 8.29. The first-order valence-corrected chi connectivity index (χ1v) is 5.88. The van der Waals surface area contributed by atoms with Crippen LogP contribution in [0.3, 0.4) is 0 Å². The van der Waals surface area contributed by atoms with Crippen LogP contribution in [-0.2, 0) is 11.3 Å². The highest BCUT2D eigenvalue weighted by molar-refractivity contribution is 5.68. The molecule has 1 aromatic rings. The summed E-state index contributed by atoms with van der Waals surface area (Å²) in [6.07, 6.45) is 2.67. The van der Waals surface area contributed by atoms with Crippen LogP contribution in [0.5, 0.6) is 0 Å². The van der Waals surface area contributed by atoms with Gasteiger partial charge in [-0.1, -0.05) is 36.4 Å². The van der Waals surface area contributed by atoms with E-state index in [0.717, 1.165) is 25.1 Å². The average Bonchev–Trinajstić information content (AvgIpc) is 2.86. The predicted molar refractivity (Wildman–Crippen MR) is 66.5 cm³/mol. The van der Waals surface area contributed by atoms with Gasteiger partial charge in [-0.3, -0.25) is 0 Å². The van der Waals surface area contributed by atoms with Gasteiger partial charge in [0.15, 0.2) is 0 Å². The Labute approximate surface area is 102 Å². The third-order valence-electron chi connectivity index (χ3n) is 3.02. The molecule has 1 atom stereocenters. The highest BCUT2D eigenvalue weighted by Crippen LogP contribution is 2.17. The fraction of sp³-hybridized carbons (Fsp3) is 0.357. The smallest absolute Gasteiger partial charge is 0.410 e. The second-order valence-electron chi connectivity index (χ2n) is 4.27. The lowest BCUT2D eigenvalue weighted by Crippen LogP contribution is -2.29. The molecular weight excluding hydrogens is 214 g/mol. The molecule has 1 fully saturated rings. The maximum absolute atomic E-state index is 11.7. The Balaban J connectivity index is 1.80. The van der Waals surface area contributed by atoms with Gasteiger partial charge in [-0.2, -0.15) is 0 Å². The standard InChI is InChI=1S/C14H17NO2/c1-2-12-8-9-15(10-12)14(16)17-11-13-6-4-3-5-7-13/h2-7,12H,1,8-11H2/t12-/m0/s1. The van der Waals surface area contributed by atoms with Gasteiger partial charge < -0.3 is 9.64 Å². The number of nitrogens with zero attached hydrogens (tertiary/aromatic N) is 1. The van der Waals surface area contributed by atoms with E-state index in [0.29, 0.717) is 12.5 Å². The van der Waals surface area contributed by atoms with E-state index in [1.165, 1.54) is 0 Å². The summed E-state index contributed by atoms with van der Waals surface area (Å²) in [6, 6.07) is 9.72. The van der Waals surface area contributed by atoms with Gasteiger partial charge in [0.25, 0.3) is 0 Å². The van der Waals surface area contributed by atoms with Crippen LogP contribution in [0.1, 0.15) is 12.0 Å². The number of ether oxygens (including phenoxy) is 1. The SMILES string of the molecule is C=C[C@H]1CCN(C(=O)OCc2ccccc2)C1. The Bertz CT molecular complexity index is 388. The van der Waals surface area contributed by atoms with Crippen LogP contribution in [0.25, 0.3) is 0 Å². The molecule has 0 radical (unpaired) electrons. The number of likely N-dealkylation sites (tertiary alicyclic amines) is 1. The molecule has 0 aliphatic carbocycles. The van der Waals surface area contributed by atoms with Gasteiger partial charge in [-0.15, -0.1) is 6.58 Å². The normalized spacial score (nSPS) is 19.1. The zero-order valence-corrected chi connectivity index (χ0v) is 9.84. The minimum absolute atomic E-state index is 0.224. The van der Waals surface area contributed by atoms with Gasteiger partial charge in [0.1, 0.15) is 6.61 Å². The largest absolute Gasteiger partial charge is 0.445 e. The zero-order chi connectivity index (χ0) is 12.1. The van der Waals surface area contributed by atoms with Crippen molar-refractivity contribution in [1.82, 2.24) is 4.90 Å². The lowest BCUT2D eigenvalue weighted by molar-refractivity contribution is 0.103. The van der Waals surface area contributed by atoms with Crippen LogP contribution in [0.2, 0.25) is 0 Å². The van der Waals surface area contributed by atoms with E-state index in [-0.39, 0.29) is 6.09 Å². The Hall–Kier alpha value is -1.77. The molecule has 0 saturated carbocycles. The van der Waals surface area contributed by atoms with Crippen molar-refractivity contribution in [3.05, 3.63) is 48.6 Å². The Morgan fingerprint density at radius 1 is 1.47 bits per heavy atom. The van der Waals surface area contributed by atoms with E-state index < -0.39 is 0 Å². The maximum atomic E-state index is 11.7. The predicted octanol–water partition coefficient (Wildman–Crippen LogP) is 2.83. The Kier molecular flexibility index (Phi) is 3.81. The summed E-state index contributed by atoms with van der Waals surface area (Å²) in [5.74, 6) is 0.416. The molecule has 0 N–H and O–H groups in total. The van der Waals surface area contributed by atoms with Crippen molar-refractivity contribution in [3.63, 3.8) is 0 Å². The van der Waals surface area contributed by atoms with Gasteiger partial charge in [0.05, 0.1) is 0 Å². The van der Waals surface area contributed by atoms with Crippen molar-refractivity contribution in [2.24, 2.45) is 5.92 Å². The molecule has 90 valence electrons. The molecule has 2 rings (SSSR count). The van der Waals surface area contributed by atoms with Gasteiger partial charge in [-0.25, -0.2) is 4.79 Å². The van der Waals surface area contributed by atoms with Crippen molar-refractivity contribution in [2.75, 3.05) is 13.1 Å². The van der Waals surface area contributed by atoms with Crippen molar-refractivity contribution in [1.29, 1.82) is 0 Å². The van der Waals surface area contributed by atoms with E-state index in [1.54, 1.807) is 4.90 Å². The van der Waals surface area contributed by atoms with Gasteiger partial charge in [0, 0.05) is 13.1 Å². The number of rotatable bonds is 3. The quantitative estimate of drug-likeness (QED) is 0.749. The molecule has 3 nitrogen and oxygen atoms in total. The van der Waals surface area contributed by atoms with Crippen LogP contribution < -0.4 is 0 Å². The molecule has 0 spiro atoms. The lowest BCUT2D eigenvalue weighted by Gasteiger charge is -2.15. The second kappa shape index (κ2) is 5.53. The Morgan fingerprint density at radius 3 is 2.88 bits per heavy atom. The average molecular weight is 231 g/mol. The van der Waals surface area contributed by atoms with E-state index in [4.69, 9.17) is 4.74 Å². The highest BCUT2D eigenvalue weighted by atomic mass is 16.6. The molecule has 0 bridgehead atoms. The summed E-state index contributed by atoms with van der Waals surface area (Å²) < 4.78 is 5.26. The molecule has 0 aromatic heterocycles. The van der Waals surface area contributed by atoms with Crippen LogP contribution in [-0.4, -0.2) is 24.1 Å². The third-order valence-corrected chi connectivity index (χ3v) is 3.02. The first-order valence-electron chi connectivity index (χ1n) is 5.88. The van der Waals surface area contributed by atoms with E-state index >= 15 is 0 Å². The Morgan fingerprint density at radius 2 is 2.24 bits per heavy atom. The van der Waals surface area contributed by atoms with Crippen LogP contribution >= 0.6 is 0 Å². The van der Waals surface area contributed by atoms with E-state index in [2.05, 4.69) is 6.58 Å². The summed E-state index contributed by atoms with van der Waals surface area (Å²) in [4.78, 5) is 13.5. The summed E-state index contributed by atoms with van der Waals surface area (Å²) in [7, 11) is 0. The van der Waals surface area contributed by atoms with Crippen LogP contribution in [0, 0.1) is 5.92 Å². The molecule has 1 saturated heterocycles. The first kappa shape index (κ1) is 11.7. The summed E-state index contributed by atoms with van der Waals surface area (Å²) in [6.45, 7) is 5.59. The number of amides is 1. The minimum atomic E-state index is -0.224. The molecule has 0 unspecified atom stereocenters. The number of carbonyl (C=O) groups excluding carboxylic acids is 1. The molecule has 3 heteroatoms. The third kappa shape index (κ3) is 3.09. The van der Waals surface area contributed by atoms with Crippen LogP contribution in [0.15, 0.2) is 43.0 Å².